The fourth-order valence-electron chi connectivity index (χ4n) is 2.67. The van der Waals surface area contributed by atoms with Gasteiger partial charge in [-0.2, -0.15) is 10.2 Å². The molecule has 0 spiro atoms. The van der Waals surface area contributed by atoms with Gasteiger partial charge in [-0.3, -0.25) is 0 Å². The highest BCUT2D eigenvalue weighted by molar-refractivity contribution is 5.59. The number of benzene rings is 2. The number of ether oxygens (including phenoxy) is 1. The van der Waals surface area contributed by atoms with Gasteiger partial charge in [0.1, 0.15) is 5.75 Å². The summed E-state index contributed by atoms with van der Waals surface area (Å²) in [7, 11) is 1.66. The second-order valence-corrected chi connectivity index (χ2v) is 6.07. The van der Waals surface area contributed by atoms with Crippen LogP contribution in [0.25, 0.3) is 11.3 Å². The molecular weight excluding hydrogens is 324 g/mol. The summed E-state index contributed by atoms with van der Waals surface area (Å²) in [5.74, 6) is 0.837. The summed E-state index contributed by atoms with van der Waals surface area (Å²) in [5.41, 5.74) is 10.8. The first kappa shape index (κ1) is 17.9. The lowest BCUT2D eigenvalue weighted by atomic mass is 10.1. The molecule has 1 aromatic heterocycles. The van der Waals surface area contributed by atoms with Crippen LogP contribution in [0, 0.1) is 0 Å². The second-order valence-electron chi connectivity index (χ2n) is 6.07. The summed E-state index contributed by atoms with van der Waals surface area (Å²) < 4.78 is 5.17. The summed E-state index contributed by atoms with van der Waals surface area (Å²) >= 11 is 0. The molecule has 0 fully saturated rings. The van der Waals surface area contributed by atoms with Gasteiger partial charge in [0, 0.05) is 24.3 Å². The van der Waals surface area contributed by atoms with E-state index in [9.17, 15) is 0 Å². The van der Waals surface area contributed by atoms with Crippen molar-refractivity contribution in [2.75, 3.05) is 19.0 Å². The standard InChI is InChI=1S/C21H24N4O/c1-26-20-11-6-17(7-12-20)21-13-10-19(24-25-21)3-2-14-23-18-8-4-16(15-22)5-9-18/h4-13,23H,2-3,14-15,22H2,1H3. The molecule has 0 saturated carbocycles. The van der Waals surface area contributed by atoms with Crippen LogP contribution in [0.1, 0.15) is 17.7 Å². The maximum absolute atomic E-state index is 5.61. The number of aromatic nitrogens is 2. The van der Waals surface area contributed by atoms with Crippen LogP contribution in [0.5, 0.6) is 5.75 Å². The highest BCUT2D eigenvalue weighted by Crippen LogP contribution is 2.20. The van der Waals surface area contributed by atoms with E-state index in [1.165, 1.54) is 0 Å². The van der Waals surface area contributed by atoms with Gasteiger partial charge in [-0.1, -0.05) is 12.1 Å². The van der Waals surface area contributed by atoms with E-state index in [1.54, 1.807) is 7.11 Å². The molecule has 0 amide bonds. The largest absolute Gasteiger partial charge is 0.497 e. The third-order valence-corrected chi connectivity index (χ3v) is 4.23. The molecule has 3 rings (SSSR count). The molecule has 0 aliphatic rings. The van der Waals surface area contributed by atoms with Gasteiger partial charge in [-0.15, -0.1) is 0 Å². The highest BCUT2D eigenvalue weighted by atomic mass is 16.5. The topological polar surface area (TPSA) is 73.1 Å². The first-order chi connectivity index (χ1) is 12.8. The minimum Gasteiger partial charge on any atom is -0.497 e. The molecule has 0 aliphatic carbocycles. The molecular formula is C21H24N4O. The van der Waals surface area contributed by atoms with E-state index in [0.717, 1.165) is 53.3 Å². The Bertz CT molecular complexity index is 799. The number of anilines is 1. The van der Waals surface area contributed by atoms with Gasteiger partial charge in [-0.05, 0) is 66.9 Å². The van der Waals surface area contributed by atoms with Crippen molar-refractivity contribution in [1.82, 2.24) is 10.2 Å². The summed E-state index contributed by atoms with van der Waals surface area (Å²) in [6.45, 7) is 1.47. The normalized spacial score (nSPS) is 10.5. The maximum atomic E-state index is 5.61. The minimum absolute atomic E-state index is 0.575. The number of aryl methyl sites for hydroxylation is 1. The molecule has 0 atom stereocenters. The lowest BCUT2D eigenvalue weighted by Gasteiger charge is -2.07. The zero-order chi connectivity index (χ0) is 18.2. The van der Waals surface area contributed by atoms with Crippen LogP contribution in [0.2, 0.25) is 0 Å². The number of methoxy groups -OCH3 is 1. The molecule has 5 heteroatoms. The Morgan fingerprint density at radius 3 is 2.31 bits per heavy atom. The molecule has 1 heterocycles. The number of hydrogen-bond donors (Lipinski definition) is 2. The Morgan fingerprint density at radius 2 is 1.69 bits per heavy atom. The van der Waals surface area contributed by atoms with Gasteiger partial charge in [0.05, 0.1) is 18.5 Å². The van der Waals surface area contributed by atoms with Crippen LogP contribution in [0.15, 0.2) is 60.7 Å². The summed E-state index contributed by atoms with van der Waals surface area (Å²) in [5, 5.41) is 12.1. The van der Waals surface area contributed by atoms with E-state index >= 15 is 0 Å². The molecule has 5 nitrogen and oxygen atoms in total. The molecule has 0 radical (unpaired) electrons. The van der Waals surface area contributed by atoms with Crippen molar-refractivity contribution in [1.29, 1.82) is 0 Å². The number of nitrogens with one attached hydrogen (secondary N) is 1. The summed E-state index contributed by atoms with van der Waals surface area (Å²) in [6.07, 6.45) is 1.89. The Labute approximate surface area is 154 Å². The van der Waals surface area contributed by atoms with Gasteiger partial charge in [0.25, 0.3) is 0 Å². The van der Waals surface area contributed by atoms with Gasteiger partial charge < -0.3 is 15.8 Å². The van der Waals surface area contributed by atoms with Crippen LogP contribution in [-0.4, -0.2) is 23.9 Å². The number of rotatable bonds is 8. The number of nitrogens with zero attached hydrogens (tertiary/aromatic N) is 2. The molecule has 3 N–H and O–H groups in total. The molecule has 0 aliphatic heterocycles. The van der Waals surface area contributed by atoms with Gasteiger partial charge >= 0.3 is 0 Å². The number of hydrogen-bond acceptors (Lipinski definition) is 5. The van der Waals surface area contributed by atoms with Crippen molar-refractivity contribution in [3.63, 3.8) is 0 Å². The molecule has 3 aromatic rings. The Hall–Kier alpha value is -2.92. The molecule has 0 unspecified atom stereocenters. The molecule has 0 saturated heterocycles. The first-order valence-corrected chi connectivity index (χ1v) is 8.78. The molecule has 26 heavy (non-hydrogen) atoms. The van der Waals surface area contributed by atoms with Gasteiger partial charge in [0.2, 0.25) is 0 Å². The van der Waals surface area contributed by atoms with Crippen LogP contribution >= 0.6 is 0 Å². The van der Waals surface area contributed by atoms with E-state index in [1.807, 2.05) is 48.5 Å². The monoisotopic (exact) mass is 348 g/mol. The van der Waals surface area contributed by atoms with Crippen molar-refractivity contribution in [2.45, 2.75) is 19.4 Å². The number of nitrogens with two attached hydrogens (primary N) is 1. The van der Waals surface area contributed by atoms with E-state index in [4.69, 9.17) is 10.5 Å². The SMILES string of the molecule is COc1ccc(-c2ccc(CCCNc3ccc(CN)cc3)nn2)cc1. The average Bonchev–Trinajstić information content (AvgIpc) is 2.72. The molecule has 2 aromatic carbocycles. The summed E-state index contributed by atoms with van der Waals surface area (Å²) in [4.78, 5) is 0. The Morgan fingerprint density at radius 1 is 0.923 bits per heavy atom. The van der Waals surface area contributed by atoms with E-state index in [-0.39, 0.29) is 0 Å². The van der Waals surface area contributed by atoms with Crippen molar-refractivity contribution >= 4 is 5.69 Å². The lowest BCUT2D eigenvalue weighted by molar-refractivity contribution is 0.415. The van der Waals surface area contributed by atoms with E-state index in [0.29, 0.717) is 6.54 Å². The predicted octanol–water partition coefficient (Wildman–Crippen LogP) is 3.66. The van der Waals surface area contributed by atoms with Crippen molar-refractivity contribution < 1.29 is 4.74 Å². The van der Waals surface area contributed by atoms with Crippen LogP contribution in [0.4, 0.5) is 5.69 Å². The maximum Gasteiger partial charge on any atom is 0.118 e. The van der Waals surface area contributed by atoms with Gasteiger partial charge in [0.15, 0.2) is 0 Å². The highest BCUT2D eigenvalue weighted by Gasteiger charge is 2.02. The van der Waals surface area contributed by atoms with E-state index in [2.05, 4.69) is 27.6 Å². The smallest absolute Gasteiger partial charge is 0.118 e. The van der Waals surface area contributed by atoms with E-state index < -0.39 is 0 Å². The lowest BCUT2D eigenvalue weighted by Crippen LogP contribution is -2.04. The fraction of sp³-hybridized carbons (Fsp3) is 0.238. The van der Waals surface area contributed by atoms with Crippen molar-refractivity contribution in [2.24, 2.45) is 5.73 Å². The summed E-state index contributed by atoms with van der Waals surface area (Å²) in [6, 6.07) is 20.1. The third-order valence-electron chi connectivity index (χ3n) is 4.23. The minimum atomic E-state index is 0.575. The van der Waals surface area contributed by atoms with Gasteiger partial charge in [-0.25, -0.2) is 0 Å². The zero-order valence-electron chi connectivity index (χ0n) is 15.0. The average molecular weight is 348 g/mol. The molecule has 0 bridgehead atoms. The zero-order valence-corrected chi connectivity index (χ0v) is 15.0. The third kappa shape index (κ3) is 4.80. The Balaban J connectivity index is 1.47. The second kappa shape index (κ2) is 8.97. The van der Waals surface area contributed by atoms with Crippen molar-refractivity contribution in [3.8, 4) is 17.0 Å². The Kier molecular flexibility index (Phi) is 6.17. The van der Waals surface area contributed by atoms with Crippen LogP contribution in [0.3, 0.4) is 0 Å². The quantitative estimate of drug-likeness (QED) is 0.608. The van der Waals surface area contributed by atoms with Crippen molar-refractivity contribution in [3.05, 3.63) is 71.9 Å². The predicted molar refractivity (Wildman–Crippen MR) is 105 cm³/mol. The fourth-order valence-corrected chi connectivity index (χ4v) is 2.67. The van der Waals surface area contributed by atoms with Crippen LogP contribution in [-0.2, 0) is 13.0 Å². The molecule has 134 valence electrons. The first-order valence-electron chi connectivity index (χ1n) is 8.78. The van der Waals surface area contributed by atoms with Crippen LogP contribution < -0.4 is 15.8 Å².